The lowest BCUT2D eigenvalue weighted by atomic mass is 10.3. The molecule has 3 aromatic rings. The van der Waals surface area contributed by atoms with E-state index in [2.05, 4.69) is 47.9 Å². The zero-order valence-electron chi connectivity index (χ0n) is 15.4. The van der Waals surface area contributed by atoms with E-state index in [1.165, 1.54) is 0 Å². The molecule has 0 atom stereocenters. The van der Waals surface area contributed by atoms with Crippen molar-refractivity contribution in [2.75, 3.05) is 20.0 Å². The molecule has 1 aliphatic rings. The van der Waals surface area contributed by atoms with Gasteiger partial charge < -0.3 is 0 Å². The van der Waals surface area contributed by atoms with Gasteiger partial charge in [0.15, 0.2) is 0 Å². The van der Waals surface area contributed by atoms with E-state index in [9.17, 15) is 0 Å². The average Bonchev–Trinajstić information content (AvgIpc) is 2.70. The van der Waals surface area contributed by atoms with Crippen molar-refractivity contribution in [3.05, 3.63) is 90.3 Å². The fourth-order valence-electron chi connectivity index (χ4n) is 3.44. The fourth-order valence-corrected chi connectivity index (χ4v) is 3.44. The standard InChI is InChI=1S/C21H24N6/c1-4-10-22-19(7-1)13-25-16-26(14-20-8-2-5-11-23-20)18-27(17-25)15-21-9-3-6-12-24-21/h1-12H,13-18H2. The van der Waals surface area contributed by atoms with Crippen LogP contribution in [0.1, 0.15) is 17.1 Å². The van der Waals surface area contributed by atoms with Gasteiger partial charge in [0.05, 0.1) is 37.1 Å². The first-order valence-corrected chi connectivity index (χ1v) is 9.22. The summed E-state index contributed by atoms with van der Waals surface area (Å²) in [5.41, 5.74) is 3.28. The van der Waals surface area contributed by atoms with E-state index in [0.29, 0.717) is 0 Å². The minimum absolute atomic E-state index is 0.832. The third kappa shape index (κ3) is 5.17. The number of pyridine rings is 3. The minimum Gasteiger partial charge on any atom is -0.272 e. The van der Waals surface area contributed by atoms with Crippen molar-refractivity contribution < 1.29 is 0 Å². The van der Waals surface area contributed by atoms with Crippen LogP contribution in [-0.4, -0.2) is 49.7 Å². The van der Waals surface area contributed by atoms with Crippen molar-refractivity contribution in [2.24, 2.45) is 0 Å². The second-order valence-corrected chi connectivity index (χ2v) is 6.87. The first-order chi connectivity index (χ1) is 13.3. The smallest absolute Gasteiger partial charge is 0.0544 e. The Hall–Kier alpha value is -2.67. The molecule has 0 saturated carbocycles. The zero-order chi connectivity index (χ0) is 18.3. The van der Waals surface area contributed by atoms with Crippen LogP contribution in [0.3, 0.4) is 0 Å². The van der Waals surface area contributed by atoms with Crippen LogP contribution in [0.4, 0.5) is 0 Å². The largest absolute Gasteiger partial charge is 0.272 e. The SMILES string of the molecule is c1ccc(CN2CN(Cc3ccccn3)CN(Cc3ccccn3)C2)nc1. The summed E-state index contributed by atoms with van der Waals surface area (Å²) in [6.45, 7) is 5.18. The topological polar surface area (TPSA) is 48.4 Å². The molecule has 0 spiro atoms. The van der Waals surface area contributed by atoms with Gasteiger partial charge in [-0.2, -0.15) is 0 Å². The Kier molecular flexibility index (Phi) is 5.79. The predicted molar refractivity (Wildman–Crippen MR) is 104 cm³/mol. The highest BCUT2D eigenvalue weighted by Gasteiger charge is 2.24. The van der Waals surface area contributed by atoms with E-state index < -0.39 is 0 Å². The van der Waals surface area contributed by atoms with E-state index >= 15 is 0 Å². The monoisotopic (exact) mass is 360 g/mol. The Bertz CT molecular complexity index is 693. The van der Waals surface area contributed by atoms with Crippen LogP contribution >= 0.6 is 0 Å². The van der Waals surface area contributed by atoms with Gasteiger partial charge >= 0.3 is 0 Å². The first kappa shape index (κ1) is 17.7. The van der Waals surface area contributed by atoms with Crippen LogP contribution in [0.2, 0.25) is 0 Å². The van der Waals surface area contributed by atoms with Gasteiger partial charge in [-0.15, -0.1) is 0 Å². The Morgan fingerprint density at radius 1 is 0.519 bits per heavy atom. The highest BCUT2D eigenvalue weighted by Crippen LogP contribution is 2.15. The molecule has 3 aromatic heterocycles. The lowest BCUT2D eigenvalue weighted by Crippen LogP contribution is -2.53. The van der Waals surface area contributed by atoms with Crippen molar-refractivity contribution in [1.82, 2.24) is 29.7 Å². The Morgan fingerprint density at radius 2 is 0.852 bits per heavy atom. The molecule has 0 aromatic carbocycles. The lowest BCUT2D eigenvalue weighted by molar-refractivity contribution is -0.0437. The van der Waals surface area contributed by atoms with Gasteiger partial charge in [-0.25, -0.2) is 0 Å². The molecule has 0 bridgehead atoms. The molecular weight excluding hydrogens is 336 g/mol. The number of hydrogen-bond donors (Lipinski definition) is 0. The highest BCUT2D eigenvalue weighted by molar-refractivity contribution is 5.06. The molecule has 4 rings (SSSR count). The van der Waals surface area contributed by atoms with Crippen molar-refractivity contribution >= 4 is 0 Å². The summed E-state index contributed by atoms with van der Waals surface area (Å²) >= 11 is 0. The van der Waals surface area contributed by atoms with Gasteiger partial charge in [0.2, 0.25) is 0 Å². The maximum absolute atomic E-state index is 4.49. The molecule has 1 saturated heterocycles. The Morgan fingerprint density at radius 3 is 1.11 bits per heavy atom. The van der Waals surface area contributed by atoms with Gasteiger partial charge in [0, 0.05) is 38.2 Å². The fraction of sp³-hybridized carbons (Fsp3) is 0.286. The number of hydrogen-bond acceptors (Lipinski definition) is 6. The summed E-state index contributed by atoms with van der Waals surface area (Å²) in [6, 6.07) is 18.3. The third-order valence-electron chi connectivity index (χ3n) is 4.54. The van der Waals surface area contributed by atoms with Crippen molar-refractivity contribution in [3.8, 4) is 0 Å². The van der Waals surface area contributed by atoms with Crippen LogP contribution in [-0.2, 0) is 19.6 Å². The van der Waals surface area contributed by atoms with Gasteiger partial charge in [0.1, 0.15) is 0 Å². The van der Waals surface area contributed by atoms with Crippen LogP contribution in [0, 0.1) is 0 Å². The van der Waals surface area contributed by atoms with E-state index in [4.69, 9.17) is 0 Å². The third-order valence-corrected chi connectivity index (χ3v) is 4.54. The van der Waals surface area contributed by atoms with Gasteiger partial charge in [-0.1, -0.05) is 18.2 Å². The molecule has 6 heteroatoms. The van der Waals surface area contributed by atoms with E-state index in [0.717, 1.165) is 56.7 Å². The number of nitrogens with zero attached hydrogens (tertiary/aromatic N) is 6. The molecule has 0 aliphatic carbocycles. The van der Waals surface area contributed by atoms with E-state index in [-0.39, 0.29) is 0 Å². The second kappa shape index (κ2) is 8.81. The van der Waals surface area contributed by atoms with Crippen LogP contribution in [0.25, 0.3) is 0 Å². The highest BCUT2D eigenvalue weighted by atomic mass is 15.5. The molecule has 1 fully saturated rings. The maximum Gasteiger partial charge on any atom is 0.0544 e. The molecule has 6 nitrogen and oxygen atoms in total. The Labute approximate surface area is 160 Å². The van der Waals surface area contributed by atoms with Gasteiger partial charge in [-0.3, -0.25) is 29.7 Å². The molecule has 4 heterocycles. The van der Waals surface area contributed by atoms with Gasteiger partial charge in [-0.05, 0) is 36.4 Å². The molecule has 0 N–H and O–H groups in total. The minimum atomic E-state index is 0.832. The first-order valence-electron chi connectivity index (χ1n) is 9.22. The zero-order valence-corrected chi connectivity index (χ0v) is 15.4. The molecule has 0 unspecified atom stereocenters. The molecule has 27 heavy (non-hydrogen) atoms. The molecular formula is C21H24N6. The summed E-state index contributed by atoms with van der Waals surface area (Å²) < 4.78 is 0. The lowest BCUT2D eigenvalue weighted by Gasteiger charge is -2.42. The Balaban J connectivity index is 1.47. The summed E-state index contributed by atoms with van der Waals surface area (Å²) in [5.74, 6) is 0. The summed E-state index contributed by atoms with van der Waals surface area (Å²) in [6.07, 6.45) is 5.57. The molecule has 0 radical (unpaired) electrons. The van der Waals surface area contributed by atoms with Crippen LogP contribution in [0.5, 0.6) is 0 Å². The van der Waals surface area contributed by atoms with Gasteiger partial charge in [0.25, 0.3) is 0 Å². The van der Waals surface area contributed by atoms with Crippen molar-refractivity contribution in [3.63, 3.8) is 0 Å². The number of aromatic nitrogens is 3. The van der Waals surface area contributed by atoms with Crippen LogP contribution in [0.15, 0.2) is 73.2 Å². The maximum atomic E-state index is 4.49. The van der Waals surface area contributed by atoms with E-state index in [1.54, 1.807) is 0 Å². The predicted octanol–water partition coefficient (Wildman–Crippen LogP) is 2.56. The number of rotatable bonds is 6. The summed E-state index contributed by atoms with van der Waals surface area (Å²) in [5, 5.41) is 0. The summed E-state index contributed by atoms with van der Waals surface area (Å²) in [7, 11) is 0. The molecule has 1 aliphatic heterocycles. The molecule has 138 valence electrons. The molecule has 0 amide bonds. The van der Waals surface area contributed by atoms with Crippen molar-refractivity contribution in [1.29, 1.82) is 0 Å². The quantitative estimate of drug-likeness (QED) is 0.673. The van der Waals surface area contributed by atoms with Crippen molar-refractivity contribution in [2.45, 2.75) is 19.6 Å². The van der Waals surface area contributed by atoms with Crippen LogP contribution < -0.4 is 0 Å². The normalized spacial score (nSPS) is 16.4. The second-order valence-electron chi connectivity index (χ2n) is 6.87. The summed E-state index contributed by atoms with van der Waals surface area (Å²) in [4.78, 5) is 20.7. The van der Waals surface area contributed by atoms with E-state index in [1.807, 2.05) is 55.0 Å². The average molecular weight is 360 g/mol.